The summed E-state index contributed by atoms with van der Waals surface area (Å²) in [6.45, 7) is 2.57. The van der Waals surface area contributed by atoms with Gasteiger partial charge in [0.05, 0.1) is 12.2 Å². The number of rotatable bonds is 5. The van der Waals surface area contributed by atoms with E-state index in [9.17, 15) is 0 Å². The Morgan fingerprint density at radius 3 is 2.60 bits per heavy atom. The quantitative estimate of drug-likeness (QED) is 0.794. The lowest BCUT2D eigenvalue weighted by Gasteiger charge is -2.17. The third-order valence-corrected chi connectivity index (χ3v) is 2.35. The van der Waals surface area contributed by atoms with Crippen LogP contribution in [0.25, 0.3) is 0 Å². The van der Waals surface area contributed by atoms with Crippen molar-refractivity contribution < 1.29 is 4.74 Å². The number of hydrogen-bond donors (Lipinski definition) is 1. The minimum atomic E-state index is -0.268. The van der Waals surface area contributed by atoms with Crippen molar-refractivity contribution in [2.45, 2.75) is 25.6 Å². The minimum Gasteiger partial charge on any atom is -0.379 e. The molecule has 1 aromatic carbocycles. The van der Waals surface area contributed by atoms with E-state index in [0.717, 1.165) is 0 Å². The van der Waals surface area contributed by atoms with Crippen molar-refractivity contribution in [1.29, 1.82) is 5.26 Å². The van der Waals surface area contributed by atoms with Crippen LogP contribution in [0.1, 0.15) is 12.5 Å². The Balaban J connectivity index is 2.46. The zero-order chi connectivity index (χ0) is 11.1. The molecule has 0 spiro atoms. The second-order valence-corrected chi connectivity index (χ2v) is 3.41. The Labute approximate surface area is 90.7 Å². The van der Waals surface area contributed by atoms with Crippen LogP contribution in [0.5, 0.6) is 0 Å². The lowest BCUT2D eigenvalue weighted by Crippen LogP contribution is -2.37. The lowest BCUT2D eigenvalue weighted by molar-refractivity contribution is 0.0986. The molecule has 0 saturated heterocycles. The van der Waals surface area contributed by atoms with Gasteiger partial charge >= 0.3 is 0 Å². The number of benzene rings is 1. The van der Waals surface area contributed by atoms with Gasteiger partial charge < -0.3 is 4.74 Å². The third kappa shape index (κ3) is 3.70. The van der Waals surface area contributed by atoms with Gasteiger partial charge in [-0.2, -0.15) is 5.26 Å². The van der Waals surface area contributed by atoms with E-state index in [1.54, 1.807) is 7.11 Å². The largest absolute Gasteiger partial charge is 0.379 e. The third-order valence-electron chi connectivity index (χ3n) is 2.35. The molecule has 0 fully saturated rings. The van der Waals surface area contributed by atoms with Crippen LogP contribution < -0.4 is 5.32 Å². The molecule has 0 bridgehead atoms. The van der Waals surface area contributed by atoms with Crippen molar-refractivity contribution in [2.24, 2.45) is 0 Å². The average Bonchev–Trinajstić information content (AvgIpc) is 2.31. The van der Waals surface area contributed by atoms with Crippen molar-refractivity contribution in [2.75, 3.05) is 7.11 Å². The number of nitrogens with zero attached hydrogens (tertiary/aromatic N) is 1. The van der Waals surface area contributed by atoms with Crippen molar-refractivity contribution >= 4 is 0 Å². The molecule has 0 heterocycles. The van der Waals surface area contributed by atoms with E-state index in [1.165, 1.54) is 5.56 Å². The van der Waals surface area contributed by atoms with Gasteiger partial charge in [0.25, 0.3) is 0 Å². The van der Waals surface area contributed by atoms with Crippen LogP contribution in [0, 0.1) is 11.3 Å². The van der Waals surface area contributed by atoms with Crippen LogP contribution in [0.15, 0.2) is 30.3 Å². The number of nitriles is 1. The second kappa shape index (κ2) is 6.18. The molecule has 0 aliphatic heterocycles. The first-order chi connectivity index (χ1) is 7.27. The summed E-state index contributed by atoms with van der Waals surface area (Å²) in [7, 11) is 1.61. The molecule has 1 rings (SSSR count). The Hall–Kier alpha value is -1.37. The lowest BCUT2D eigenvalue weighted by atomic mass is 10.1. The van der Waals surface area contributed by atoms with Crippen LogP contribution >= 0.6 is 0 Å². The molecule has 2 atom stereocenters. The summed E-state index contributed by atoms with van der Waals surface area (Å²) in [6, 6.07) is 11.9. The van der Waals surface area contributed by atoms with Crippen LogP contribution in [0.2, 0.25) is 0 Å². The Kier molecular flexibility index (Phi) is 4.82. The van der Waals surface area contributed by atoms with E-state index in [2.05, 4.69) is 11.4 Å². The first kappa shape index (κ1) is 11.7. The fraction of sp³-hybridized carbons (Fsp3) is 0.417. The van der Waals surface area contributed by atoms with Crippen molar-refractivity contribution in [3.63, 3.8) is 0 Å². The predicted molar refractivity (Wildman–Crippen MR) is 59.2 cm³/mol. The van der Waals surface area contributed by atoms with Gasteiger partial charge in [0.2, 0.25) is 0 Å². The normalized spacial score (nSPS) is 14.2. The Morgan fingerprint density at radius 1 is 1.40 bits per heavy atom. The molecule has 0 aliphatic rings. The van der Waals surface area contributed by atoms with E-state index in [0.29, 0.717) is 6.54 Å². The summed E-state index contributed by atoms with van der Waals surface area (Å²) in [6.07, 6.45) is -0.0984. The first-order valence-electron chi connectivity index (χ1n) is 4.97. The molecule has 0 saturated carbocycles. The van der Waals surface area contributed by atoms with Crippen LogP contribution in [0.3, 0.4) is 0 Å². The smallest absolute Gasteiger partial charge is 0.122 e. The number of ether oxygens (including phenoxy) is 1. The van der Waals surface area contributed by atoms with Gasteiger partial charge in [-0.15, -0.1) is 0 Å². The second-order valence-electron chi connectivity index (χ2n) is 3.41. The number of hydrogen-bond acceptors (Lipinski definition) is 3. The molecule has 1 aromatic rings. The molecular formula is C12H16N2O. The monoisotopic (exact) mass is 204 g/mol. The highest BCUT2D eigenvalue weighted by Crippen LogP contribution is 2.01. The Morgan fingerprint density at radius 2 is 2.07 bits per heavy atom. The van der Waals surface area contributed by atoms with E-state index < -0.39 is 0 Å². The molecular weight excluding hydrogens is 188 g/mol. The van der Waals surface area contributed by atoms with E-state index in [-0.39, 0.29) is 12.1 Å². The van der Waals surface area contributed by atoms with Gasteiger partial charge in [0.1, 0.15) is 6.04 Å². The zero-order valence-corrected chi connectivity index (χ0v) is 9.10. The molecule has 0 amide bonds. The summed E-state index contributed by atoms with van der Waals surface area (Å²) in [5.74, 6) is 0. The van der Waals surface area contributed by atoms with Gasteiger partial charge in [-0.1, -0.05) is 30.3 Å². The minimum absolute atomic E-state index is 0.0984. The van der Waals surface area contributed by atoms with Gasteiger partial charge in [0.15, 0.2) is 0 Å². The standard InChI is InChI=1S/C12H16N2O/c1-10(15-2)12(8-13)14-9-11-6-4-3-5-7-11/h3-7,10,12,14H,9H2,1-2H3. The van der Waals surface area contributed by atoms with Gasteiger partial charge in [-0.25, -0.2) is 0 Å². The Bertz CT molecular complexity index is 318. The average molecular weight is 204 g/mol. The van der Waals surface area contributed by atoms with Crippen LogP contribution in [-0.2, 0) is 11.3 Å². The molecule has 0 aliphatic carbocycles. The molecule has 1 N–H and O–H groups in total. The molecule has 15 heavy (non-hydrogen) atoms. The van der Waals surface area contributed by atoms with Crippen LogP contribution in [0.4, 0.5) is 0 Å². The first-order valence-corrected chi connectivity index (χ1v) is 4.97. The molecule has 0 radical (unpaired) electrons. The maximum atomic E-state index is 8.91. The van der Waals surface area contributed by atoms with Gasteiger partial charge in [0, 0.05) is 13.7 Å². The molecule has 2 unspecified atom stereocenters. The topological polar surface area (TPSA) is 45.0 Å². The SMILES string of the molecule is COC(C)C(C#N)NCc1ccccc1. The molecule has 80 valence electrons. The molecule has 3 heteroatoms. The highest BCUT2D eigenvalue weighted by molar-refractivity contribution is 5.14. The predicted octanol–water partition coefficient (Wildman–Crippen LogP) is 1.70. The summed E-state index contributed by atoms with van der Waals surface area (Å²) < 4.78 is 5.11. The summed E-state index contributed by atoms with van der Waals surface area (Å²) in [5, 5.41) is 12.1. The van der Waals surface area contributed by atoms with Crippen molar-refractivity contribution in [3.8, 4) is 6.07 Å². The fourth-order valence-electron chi connectivity index (χ4n) is 1.28. The maximum Gasteiger partial charge on any atom is 0.122 e. The van der Waals surface area contributed by atoms with E-state index >= 15 is 0 Å². The number of nitrogens with one attached hydrogen (secondary N) is 1. The summed E-state index contributed by atoms with van der Waals surface area (Å²) in [4.78, 5) is 0. The highest BCUT2D eigenvalue weighted by Gasteiger charge is 2.14. The fourth-order valence-corrected chi connectivity index (χ4v) is 1.28. The van der Waals surface area contributed by atoms with Gasteiger partial charge in [-0.3, -0.25) is 5.32 Å². The number of methoxy groups -OCH3 is 1. The van der Waals surface area contributed by atoms with Crippen LogP contribution in [-0.4, -0.2) is 19.3 Å². The molecule has 3 nitrogen and oxygen atoms in total. The maximum absolute atomic E-state index is 8.91. The summed E-state index contributed by atoms with van der Waals surface area (Å²) >= 11 is 0. The summed E-state index contributed by atoms with van der Waals surface area (Å²) in [5.41, 5.74) is 1.17. The molecule has 0 aromatic heterocycles. The zero-order valence-electron chi connectivity index (χ0n) is 9.10. The highest BCUT2D eigenvalue weighted by atomic mass is 16.5. The van der Waals surface area contributed by atoms with Crippen molar-refractivity contribution in [1.82, 2.24) is 5.32 Å². The van der Waals surface area contributed by atoms with E-state index in [1.807, 2.05) is 37.3 Å². The van der Waals surface area contributed by atoms with Crippen molar-refractivity contribution in [3.05, 3.63) is 35.9 Å². The van der Waals surface area contributed by atoms with E-state index in [4.69, 9.17) is 10.00 Å². The van der Waals surface area contributed by atoms with Gasteiger partial charge in [-0.05, 0) is 12.5 Å².